The molecule has 1 atom stereocenters. The predicted octanol–water partition coefficient (Wildman–Crippen LogP) is -1.40. The average Bonchev–Trinajstić information content (AvgIpc) is 1.97. The lowest BCUT2D eigenvalue weighted by Crippen LogP contribution is -2.57. The number of hydrazine groups is 2. The third-order valence-electron chi connectivity index (χ3n) is 1.60. The van der Waals surface area contributed by atoms with Crippen molar-refractivity contribution in [1.82, 2.24) is 10.1 Å². The van der Waals surface area contributed by atoms with Crippen LogP contribution in [0.1, 0.15) is 13.8 Å². The van der Waals surface area contributed by atoms with Gasteiger partial charge in [-0.25, -0.2) is 21.8 Å². The Bertz CT molecular complexity index is 213. The van der Waals surface area contributed by atoms with Crippen molar-refractivity contribution >= 4 is 11.7 Å². The molecule has 1 aliphatic rings. The van der Waals surface area contributed by atoms with Gasteiger partial charge >= 0.3 is 0 Å². The summed E-state index contributed by atoms with van der Waals surface area (Å²) in [7, 11) is 0. The van der Waals surface area contributed by atoms with E-state index < -0.39 is 6.04 Å². The van der Waals surface area contributed by atoms with E-state index in [4.69, 9.17) is 11.7 Å². The monoisotopic (exact) mass is 157 g/mol. The van der Waals surface area contributed by atoms with Gasteiger partial charge in [-0.2, -0.15) is 0 Å². The molecule has 0 aromatic carbocycles. The second-order valence-corrected chi connectivity index (χ2v) is 2.41. The smallest absolute Gasteiger partial charge is 0.268 e. The van der Waals surface area contributed by atoms with E-state index in [-0.39, 0.29) is 5.91 Å². The van der Waals surface area contributed by atoms with Crippen LogP contribution in [0.15, 0.2) is 5.10 Å². The number of carbonyl (C=O) groups is 1. The normalized spacial score (nSPS) is 25.6. The van der Waals surface area contributed by atoms with E-state index in [1.54, 1.807) is 13.8 Å². The summed E-state index contributed by atoms with van der Waals surface area (Å²) in [5, 5.41) is 5.90. The summed E-state index contributed by atoms with van der Waals surface area (Å²) in [6, 6.07) is -0.483. The Morgan fingerprint density at radius 2 is 2.09 bits per heavy atom. The summed E-state index contributed by atoms with van der Waals surface area (Å²) in [6.07, 6.45) is 0. The van der Waals surface area contributed by atoms with Crippen LogP contribution in [0.3, 0.4) is 0 Å². The lowest BCUT2D eigenvalue weighted by Gasteiger charge is -2.30. The first-order valence-corrected chi connectivity index (χ1v) is 3.22. The summed E-state index contributed by atoms with van der Waals surface area (Å²) < 4.78 is 0. The molecule has 0 aromatic rings. The van der Waals surface area contributed by atoms with Crippen molar-refractivity contribution in [3.05, 3.63) is 0 Å². The van der Waals surface area contributed by atoms with E-state index in [1.807, 2.05) is 0 Å². The van der Waals surface area contributed by atoms with Gasteiger partial charge in [-0.3, -0.25) is 4.79 Å². The molecule has 1 amide bonds. The highest BCUT2D eigenvalue weighted by Crippen LogP contribution is 2.04. The summed E-state index contributed by atoms with van der Waals surface area (Å²) >= 11 is 0. The van der Waals surface area contributed by atoms with E-state index in [0.29, 0.717) is 5.84 Å². The maximum absolute atomic E-state index is 11.1. The van der Waals surface area contributed by atoms with Gasteiger partial charge in [-0.05, 0) is 13.8 Å². The second kappa shape index (κ2) is 2.48. The zero-order valence-corrected chi connectivity index (χ0v) is 6.48. The van der Waals surface area contributed by atoms with Gasteiger partial charge in [0.2, 0.25) is 0 Å². The first-order valence-electron chi connectivity index (χ1n) is 3.22. The number of amidine groups is 1. The van der Waals surface area contributed by atoms with Gasteiger partial charge in [-0.15, -0.1) is 5.10 Å². The number of hydrogen-bond donors (Lipinski definition) is 2. The number of hydrogen-bond acceptors (Lipinski definition) is 5. The lowest BCUT2D eigenvalue weighted by atomic mass is 10.3. The highest BCUT2D eigenvalue weighted by molar-refractivity contribution is 5.99. The molecule has 1 rings (SSSR count). The van der Waals surface area contributed by atoms with Crippen LogP contribution >= 0.6 is 0 Å². The highest BCUT2D eigenvalue weighted by atomic mass is 16.2. The number of rotatable bonds is 0. The minimum atomic E-state index is -0.483. The largest absolute Gasteiger partial charge is 0.270 e. The number of carbonyl (C=O) groups excluding carboxylic acids is 1. The Morgan fingerprint density at radius 3 is 2.64 bits per heavy atom. The lowest BCUT2D eigenvalue weighted by molar-refractivity contribution is -0.134. The summed E-state index contributed by atoms with van der Waals surface area (Å²) in [4.78, 5) is 11.1. The van der Waals surface area contributed by atoms with Crippen molar-refractivity contribution in [2.75, 3.05) is 0 Å². The molecule has 4 N–H and O–H groups in total. The molecule has 0 saturated carbocycles. The maximum atomic E-state index is 11.1. The van der Waals surface area contributed by atoms with E-state index in [2.05, 4.69) is 5.10 Å². The molecular weight excluding hydrogens is 146 g/mol. The van der Waals surface area contributed by atoms with Gasteiger partial charge in [0.25, 0.3) is 5.91 Å². The Balaban J connectivity index is 2.92. The van der Waals surface area contributed by atoms with E-state index >= 15 is 0 Å². The summed E-state index contributed by atoms with van der Waals surface area (Å²) in [5.74, 6) is 10.9. The molecule has 11 heavy (non-hydrogen) atoms. The van der Waals surface area contributed by atoms with Crippen LogP contribution in [-0.4, -0.2) is 27.9 Å². The fourth-order valence-electron chi connectivity index (χ4n) is 0.776. The maximum Gasteiger partial charge on any atom is 0.268 e. The minimum Gasteiger partial charge on any atom is -0.270 e. The van der Waals surface area contributed by atoms with Crippen LogP contribution in [-0.2, 0) is 4.79 Å². The molecule has 0 aliphatic carbocycles. The van der Waals surface area contributed by atoms with Crippen LogP contribution in [0.4, 0.5) is 0 Å². The third-order valence-corrected chi connectivity index (χ3v) is 1.60. The number of hydrazone groups is 1. The van der Waals surface area contributed by atoms with Crippen LogP contribution < -0.4 is 11.7 Å². The topological polar surface area (TPSA) is 88.0 Å². The first kappa shape index (κ1) is 7.96. The van der Waals surface area contributed by atoms with Crippen molar-refractivity contribution in [2.24, 2.45) is 16.8 Å². The Kier molecular flexibility index (Phi) is 1.79. The van der Waals surface area contributed by atoms with Gasteiger partial charge in [0.05, 0.1) is 0 Å². The van der Waals surface area contributed by atoms with E-state index in [1.165, 1.54) is 0 Å². The van der Waals surface area contributed by atoms with Gasteiger partial charge in [-0.1, -0.05) is 0 Å². The van der Waals surface area contributed by atoms with E-state index in [9.17, 15) is 4.79 Å². The molecule has 6 nitrogen and oxygen atoms in total. The van der Waals surface area contributed by atoms with Crippen LogP contribution in [0.25, 0.3) is 0 Å². The molecule has 1 unspecified atom stereocenters. The molecule has 0 bridgehead atoms. The zero-order valence-electron chi connectivity index (χ0n) is 6.48. The zero-order chi connectivity index (χ0) is 8.59. The highest BCUT2D eigenvalue weighted by Gasteiger charge is 2.28. The predicted molar refractivity (Wildman–Crippen MR) is 39.6 cm³/mol. The number of amides is 1. The standard InChI is InChI=1S/C5H11N5O/c1-3-5(11)9(6)4(2)8-10(3)7/h3H,6-7H2,1-2H3. The van der Waals surface area contributed by atoms with Crippen molar-refractivity contribution in [3.8, 4) is 0 Å². The Hall–Kier alpha value is -1.14. The van der Waals surface area contributed by atoms with Crippen molar-refractivity contribution < 1.29 is 4.79 Å². The molecular formula is C5H11N5O. The fraction of sp³-hybridized carbons (Fsp3) is 0.600. The Labute approximate surface area is 64.4 Å². The van der Waals surface area contributed by atoms with Crippen LogP contribution in [0.2, 0.25) is 0 Å². The molecule has 62 valence electrons. The minimum absolute atomic E-state index is 0.250. The van der Waals surface area contributed by atoms with Crippen LogP contribution in [0.5, 0.6) is 0 Å². The second-order valence-electron chi connectivity index (χ2n) is 2.41. The SMILES string of the molecule is CC1=NN(N)C(C)C(=O)N1N. The summed E-state index contributed by atoms with van der Waals surface area (Å²) in [5.41, 5.74) is 0. The first-order chi connectivity index (χ1) is 5.04. The molecule has 1 heterocycles. The Morgan fingerprint density at radius 1 is 1.55 bits per heavy atom. The fourth-order valence-corrected chi connectivity index (χ4v) is 0.776. The average molecular weight is 157 g/mol. The molecule has 0 spiro atoms. The van der Waals surface area contributed by atoms with Gasteiger partial charge in [0, 0.05) is 0 Å². The van der Waals surface area contributed by atoms with Gasteiger partial charge < -0.3 is 0 Å². The molecule has 0 radical (unpaired) electrons. The molecule has 6 heteroatoms. The van der Waals surface area contributed by atoms with Crippen molar-refractivity contribution in [2.45, 2.75) is 19.9 Å². The van der Waals surface area contributed by atoms with Crippen LogP contribution in [0, 0.1) is 0 Å². The quantitative estimate of drug-likeness (QED) is 0.334. The van der Waals surface area contributed by atoms with Crippen molar-refractivity contribution in [1.29, 1.82) is 0 Å². The molecule has 0 fully saturated rings. The number of nitrogens with two attached hydrogens (primary N) is 2. The number of nitrogens with zero attached hydrogens (tertiary/aromatic N) is 3. The van der Waals surface area contributed by atoms with Crippen molar-refractivity contribution in [3.63, 3.8) is 0 Å². The summed E-state index contributed by atoms with van der Waals surface area (Å²) in [6.45, 7) is 3.25. The molecule has 0 aromatic heterocycles. The molecule has 1 aliphatic heterocycles. The molecule has 0 saturated heterocycles. The van der Waals surface area contributed by atoms with Gasteiger partial charge in [0.15, 0.2) is 0 Å². The van der Waals surface area contributed by atoms with Gasteiger partial charge in [0.1, 0.15) is 11.9 Å². The third kappa shape index (κ3) is 1.17. The van der Waals surface area contributed by atoms with E-state index in [0.717, 1.165) is 10.1 Å².